The Morgan fingerprint density at radius 1 is 0.944 bits per heavy atom. The first-order valence-corrected chi connectivity index (χ1v) is 6.53. The monoisotopic (exact) mass is 237 g/mol. The summed E-state index contributed by atoms with van der Waals surface area (Å²) in [5.41, 5.74) is 1.16. The Kier molecular flexibility index (Phi) is 2.17. The van der Waals surface area contributed by atoms with E-state index in [4.69, 9.17) is 4.84 Å². The topological polar surface area (TPSA) is 12.5 Å². The van der Waals surface area contributed by atoms with Crippen molar-refractivity contribution in [2.45, 2.75) is 25.0 Å². The van der Waals surface area contributed by atoms with E-state index in [0.29, 0.717) is 6.04 Å². The van der Waals surface area contributed by atoms with E-state index in [0.717, 1.165) is 12.1 Å². The van der Waals surface area contributed by atoms with Crippen LogP contribution in [0.2, 0.25) is 0 Å². The van der Waals surface area contributed by atoms with Gasteiger partial charge in [-0.3, -0.25) is 4.84 Å². The molecule has 2 aromatic carbocycles. The van der Waals surface area contributed by atoms with Gasteiger partial charge in [0.25, 0.3) is 0 Å². The van der Waals surface area contributed by atoms with Gasteiger partial charge in [0, 0.05) is 0 Å². The van der Waals surface area contributed by atoms with Crippen LogP contribution >= 0.6 is 0 Å². The molecule has 90 valence electrons. The molecular weight excluding hydrogens is 222 g/mol. The van der Waals surface area contributed by atoms with Crippen molar-refractivity contribution < 1.29 is 4.84 Å². The summed E-state index contributed by atoms with van der Waals surface area (Å²) >= 11 is 0. The molecule has 0 aromatic heterocycles. The summed E-state index contributed by atoms with van der Waals surface area (Å²) in [5.74, 6) is 0. The number of benzene rings is 2. The van der Waals surface area contributed by atoms with E-state index in [1.165, 1.54) is 17.2 Å². The third-order valence-electron chi connectivity index (χ3n) is 3.83. The van der Waals surface area contributed by atoms with Crippen LogP contribution in [0, 0.1) is 0 Å². The summed E-state index contributed by atoms with van der Waals surface area (Å²) in [4.78, 5) is 5.97. The molecule has 2 aliphatic heterocycles. The van der Waals surface area contributed by atoms with E-state index in [-0.39, 0.29) is 6.10 Å². The second-order valence-corrected chi connectivity index (χ2v) is 5.03. The van der Waals surface area contributed by atoms with Crippen LogP contribution in [-0.2, 0) is 4.84 Å². The van der Waals surface area contributed by atoms with Gasteiger partial charge in [0.15, 0.2) is 0 Å². The SMILES string of the molecule is C1=C[C@H]2CC[C@@H]1N(c1ccc3ccccc3c1)O2. The van der Waals surface area contributed by atoms with Gasteiger partial charge in [0.05, 0.1) is 11.7 Å². The number of nitrogens with zero attached hydrogens (tertiary/aromatic N) is 1. The molecule has 2 aromatic rings. The molecule has 0 unspecified atom stereocenters. The molecule has 1 fully saturated rings. The van der Waals surface area contributed by atoms with E-state index >= 15 is 0 Å². The second kappa shape index (κ2) is 3.85. The van der Waals surface area contributed by atoms with Crippen LogP contribution in [0.3, 0.4) is 0 Å². The molecule has 2 nitrogen and oxygen atoms in total. The molecule has 2 heterocycles. The lowest BCUT2D eigenvalue weighted by atomic mass is 9.97. The summed E-state index contributed by atoms with van der Waals surface area (Å²) < 4.78 is 0. The van der Waals surface area contributed by atoms with Gasteiger partial charge in [0.2, 0.25) is 0 Å². The summed E-state index contributed by atoms with van der Waals surface area (Å²) in [5, 5.41) is 4.61. The van der Waals surface area contributed by atoms with E-state index in [2.05, 4.69) is 59.7 Å². The highest BCUT2D eigenvalue weighted by Crippen LogP contribution is 2.33. The minimum Gasteiger partial charge on any atom is -0.265 e. The lowest BCUT2D eigenvalue weighted by Crippen LogP contribution is -2.45. The molecule has 2 heteroatoms. The maximum atomic E-state index is 5.97. The first kappa shape index (κ1) is 10.2. The van der Waals surface area contributed by atoms with Gasteiger partial charge >= 0.3 is 0 Å². The maximum Gasteiger partial charge on any atom is 0.104 e. The zero-order chi connectivity index (χ0) is 11.9. The Morgan fingerprint density at radius 2 is 1.83 bits per heavy atom. The van der Waals surface area contributed by atoms with Crippen LogP contribution in [0.5, 0.6) is 0 Å². The van der Waals surface area contributed by atoms with Crippen molar-refractivity contribution in [3.8, 4) is 0 Å². The average molecular weight is 237 g/mol. The van der Waals surface area contributed by atoms with Crippen LogP contribution < -0.4 is 5.06 Å². The van der Waals surface area contributed by atoms with Crippen LogP contribution in [-0.4, -0.2) is 12.1 Å². The van der Waals surface area contributed by atoms with Gasteiger partial charge in [-0.1, -0.05) is 42.5 Å². The van der Waals surface area contributed by atoms with E-state index in [1.807, 2.05) is 0 Å². The highest BCUT2D eigenvalue weighted by Gasteiger charge is 2.31. The molecule has 3 aliphatic rings. The molecule has 0 N–H and O–H groups in total. The van der Waals surface area contributed by atoms with E-state index < -0.39 is 0 Å². The van der Waals surface area contributed by atoms with Crippen molar-refractivity contribution in [1.82, 2.24) is 0 Å². The molecule has 0 amide bonds. The fourth-order valence-electron chi connectivity index (χ4n) is 2.85. The van der Waals surface area contributed by atoms with Crippen molar-refractivity contribution in [3.05, 3.63) is 54.6 Å². The van der Waals surface area contributed by atoms with Crippen molar-refractivity contribution in [1.29, 1.82) is 0 Å². The van der Waals surface area contributed by atoms with Gasteiger partial charge in [-0.05, 0) is 35.7 Å². The Balaban J connectivity index is 1.77. The maximum absolute atomic E-state index is 5.97. The molecule has 1 aliphatic carbocycles. The molecule has 0 spiro atoms. The first-order valence-electron chi connectivity index (χ1n) is 6.53. The molecule has 2 bridgehead atoms. The van der Waals surface area contributed by atoms with Gasteiger partial charge < -0.3 is 0 Å². The lowest BCUT2D eigenvalue weighted by molar-refractivity contribution is 0.00357. The molecule has 1 saturated heterocycles. The zero-order valence-electron chi connectivity index (χ0n) is 10.1. The van der Waals surface area contributed by atoms with Crippen molar-refractivity contribution in [3.63, 3.8) is 0 Å². The number of rotatable bonds is 1. The van der Waals surface area contributed by atoms with E-state index in [1.54, 1.807) is 0 Å². The molecule has 5 rings (SSSR count). The smallest absolute Gasteiger partial charge is 0.104 e. The Labute approximate surface area is 106 Å². The Hall–Kier alpha value is -1.80. The minimum atomic E-state index is 0.265. The van der Waals surface area contributed by atoms with Crippen molar-refractivity contribution in [2.75, 3.05) is 5.06 Å². The van der Waals surface area contributed by atoms with Gasteiger partial charge in [-0.25, -0.2) is 5.06 Å². The van der Waals surface area contributed by atoms with E-state index in [9.17, 15) is 0 Å². The Bertz CT molecular complexity index is 619. The fraction of sp³-hybridized carbons (Fsp3) is 0.250. The standard InChI is InChI=1S/C16H15NO/c1-2-4-13-11-15(6-5-12(13)3-1)17-14-7-9-16(18-17)10-8-14/h1-7,9,11,14,16H,8,10H2/t14-,16+/m1/s1. The highest BCUT2D eigenvalue weighted by atomic mass is 16.7. The van der Waals surface area contributed by atoms with Crippen LogP contribution in [0.15, 0.2) is 54.6 Å². The number of fused-ring (bicyclic) bond motifs is 3. The number of hydrogen-bond donors (Lipinski definition) is 0. The third kappa shape index (κ3) is 1.53. The van der Waals surface area contributed by atoms with Gasteiger partial charge in [0.1, 0.15) is 6.10 Å². The number of anilines is 1. The first-order chi connectivity index (χ1) is 8.90. The van der Waals surface area contributed by atoms with Gasteiger partial charge in [-0.2, -0.15) is 0 Å². The zero-order valence-corrected chi connectivity index (χ0v) is 10.1. The summed E-state index contributed by atoms with van der Waals surface area (Å²) in [6.07, 6.45) is 7.05. The van der Waals surface area contributed by atoms with Crippen LogP contribution in [0.1, 0.15) is 12.8 Å². The normalized spacial score (nSPS) is 25.9. The van der Waals surface area contributed by atoms with Crippen molar-refractivity contribution >= 4 is 16.5 Å². The molecule has 2 atom stereocenters. The summed E-state index contributed by atoms with van der Waals surface area (Å²) in [6.45, 7) is 0. The fourth-order valence-corrected chi connectivity index (χ4v) is 2.85. The molecule has 0 saturated carbocycles. The predicted octanol–water partition coefficient (Wildman–Crippen LogP) is 3.68. The highest BCUT2D eigenvalue weighted by molar-refractivity contribution is 5.85. The quantitative estimate of drug-likeness (QED) is 0.701. The van der Waals surface area contributed by atoms with Crippen molar-refractivity contribution in [2.24, 2.45) is 0 Å². The Morgan fingerprint density at radius 3 is 2.56 bits per heavy atom. The molecule has 0 radical (unpaired) electrons. The average Bonchev–Trinajstić information content (AvgIpc) is 2.48. The van der Waals surface area contributed by atoms with Crippen LogP contribution in [0.25, 0.3) is 10.8 Å². The molecular formula is C16H15NO. The third-order valence-corrected chi connectivity index (χ3v) is 3.83. The molecule has 18 heavy (non-hydrogen) atoms. The number of hydrogen-bond acceptors (Lipinski definition) is 2. The van der Waals surface area contributed by atoms with Crippen LogP contribution in [0.4, 0.5) is 5.69 Å². The summed E-state index contributed by atoms with van der Waals surface area (Å²) in [6, 6.07) is 15.4. The van der Waals surface area contributed by atoms with Gasteiger partial charge in [-0.15, -0.1) is 0 Å². The largest absolute Gasteiger partial charge is 0.265 e. The second-order valence-electron chi connectivity index (χ2n) is 5.03. The lowest BCUT2D eigenvalue weighted by Gasteiger charge is -2.41. The minimum absolute atomic E-state index is 0.265. The number of hydroxylamine groups is 1. The summed E-state index contributed by atoms with van der Waals surface area (Å²) in [7, 11) is 0. The predicted molar refractivity (Wildman–Crippen MR) is 73.5 cm³/mol.